The van der Waals surface area contributed by atoms with E-state index in [1.54, 1.807) is 13.8 Å². The van der Waals surface area contributed by atoms with Gasteiger partial charge in [-0.2, -0.15) is 0 Å². The minimum atomic E-state index is -1.65. The third-order valence-corrected chi connectivity index (χ3v) is 2.10. The second-order valence-electron chi connectivity index (χ2n) is 4.40. The van der Waals surface area contributed by atoms with Crippen LogP contribution in [0.1, 0.15) is 13.8 Å². The molecule has 1 N–H and O–H groups in total. The quantitative estimate of drug-likeness (QED) is 0.277. The molecule has 6 heteroatoms. The first kappa shape index (κ1) is 15.1. The van der Waals surface area contributed by atoms with Gasteiger partial charge in [-0.3, -0.25) is 0 Å². The normalized spacial score (nSPS) is 21.4. The van der Waals surface area contributed by atoms with E-state index in [1.165, 1.54) is 0 Å². The second-order valence-corrected chi connectivity index (χ2v) is 4.40. The van der Waals surface area contributed by atoms with Crippen LogP contribution in [-0.2, 0) is 23.7 Å². The molecule has 1 rings (SSSR count). The minimum Gasteiger partial charge on any atom is -0.457 e. The zero-order valence-electron chi connectivity index (χ0n) is 10.8. The number of ether oxygens (including phenoxy) is 4. The minimum absolute atomic E-state index is 0.0878. The first-order valence-electron chi connectivity index (χ1n) is 5.84. The fraction of sp³-hybridized carbons (Fsp3) is 0.750. The summed E-state index contributed by atoms with van der Waals surface area (Å²) in [5.41, 5.74) is 0. The van der Waals surface area contributed by atoms with Crippen LogP contribution >= 0.6 is 0 Å². The number of aliphatic hydroxyl groups is 1. The summed E-state index contributed by atoms with van der Waals surface area (Å²) in [6, 6.07) is 0. The SMILES string of the molecule is C=CC(=O)OCC(O)(COCC1CO1)OC(C)C. The largest absolute Gasteiger partial charge is 0.457 e. The van der Waals surface area contributed by atoms with Crippen LogP contribution in [0.4, 0.5) is 0 Å². The lowest BCUT2D eigenvalue weighted by Crippen LogP contribution is -2.45. The first-order valence-corrected chi connectivity index (χ1v) is 5.84. The Morgan fingerprint density at radius 1 is 1.61 bits per heavy atom. The second kappa shape index (κ2) is 6.84. The van der Waals surface area contributed by atoms with Gasteiger partial charge in [0.25, 0.3) is 0 Å². The van der Waals surface area contributed by atoms with Crippen LogP contribution in [0.15, 0.2) is 12.7 Å². The molecule has 0 amide bonds. The first-order chi connectivity index (χ1) is 8.45. The van der Waals surface area contributed by atoms with Crippen LogP contribution in [0.2, 0.25) is 0 Å². The van der Waals surface area contributed by atoms with E-state index in [1.807, 2.05) is 0 Å². The zero-order chi connectivity index (χ0) is 13.6. The fourth-order valence-corrected chi connectivity index (χ4v) is 1.31. The smallest absolute Gasteiger partial charge is 0.330 e. The summed E-state index contributed by atoms with van der Waals surface area (Å²) in [5, 5.41) is 10.2. The van der Waals surface area contributed by atoms with Crippen molar-refractivity contribution in [3.8, 4) is 0 Å². The highest BCUT2D eigenvalue weighted by molar-refractivity contribution is 5.81. The molecule has 0 saturated carbocycles. The zero-order valence-corrected chi connectivity index (χ0v) is 10.8. The van der Waals surface area contributed by atoms with E-state index in [2.05, 4.69) is 6.58 Å². The number of carbonyl (C=O) groups is 1. The maximum absolute atomic E-state index is 11.0. The van der Waals surface area contributed by atoms with Crippen molar-refractivity contribution >= 4 is 5.97 Å². The summed E-state index contributed by atoms with van der Waals surface area (Å²) in [6.45, 7) is 7.48. The molecule has 0 aromatic heterocycles. The summed E-state index contributed by atoms with van der Waals surface area (Å²) in [5.74, 6) is -2.27. The van der Waals surface area contributed by atoms with Gasteiger partial charge in [0.15, 0.2) is 0 Å². The Bertz CT molecular complexity index is 286. The number of hydrogen-bond acceptors (Lipinski definition) is 6. The van der Waals surface area contributed by atoms with Crippen molar-refractivity contribution < 1.29 is 28.8 Å². The predicted molar refractivity (Wildman–Crippen MR) is 62.9 cm³/mol. The molecule has 1 aliphatic heterocycles. The lowest BCUT2D eigenvalue weighted by atomic mass is 10.3. The van der Waals surface area contributed by atoms with Gasteiger partial charge >= 0.3 is 5.97 Å². The van der Waals surface area contributed by atoms with Crippen LogP contribution in [0.25, 0.3) is 0 Å². The van der Waals surface area contributed by atoms with Crippen molar-refractivity contribution in [1.82, 2.24) is 0 Å². The molecule has 0 aromatic rings. The van der Waals surface area contributed by atoms with Gasteiger partial charge in [-0.15, -0.1) is 0 Å². The third-order valence-electron chi connectivity index (χ3n) is 2.10. The molecule has 0 radical (unpaired) electrons. The standard InChI is InChI=1S/C12H20O6/c1-4-11(13)17-8-12(14,18-9(2)3)7-15-5-10-6-16-10/h4,9-10,14H,1,5-8H2,2-3H3. The van der Waals surface area contributed by atoms with Gasteiger partial charge in [-0.05, 0) is 13.8 Å². The maximum atomic E-state index is 11.0. The van der Waals surface area contributed by atoms with Gasteiger partial charge in [0.1, 0.15) is 19.3 Å². The van der Waals surface area contributed by atoms with E-state index in [4.69, 9.17) is 18.9 Å². The highest BCUT2D eigenvalue weighted by atomic mass is 16.7. The molecular weight excluding hydrogens is 240 g/mol. The average molecular weight is 260 g/mol. The van der Waals surface area contributed by atoms with Gasteiger partial charge in [0.05, 0.1) is 19.3 Å². The molecule has 6 nitrogen and oxygen atoms in total. The van der Waals surface area contributed by atoms with Crippen molar-refractivity contribution in [2.45, 2.75) is 31.8 Å². The highest BCUT2D eigenvalue weighted by Crippen LogP contribution is 2.15. The molecule has 0 bridgehead atoms. The summed E-state index contributed by atoms with van der Waals surface area (Å²) < 4.78 is 20.3. The Kier molecular flexibility index (Phi) is 5.74. The molecule has 104 valence electrons. The summed E-state index contributed by atoms with van der Waals surface area (Å²) in [6.07, 6.45) is 0.900. The van der Waals surface area contributed by atoms with E-state index in [0.29, 0.717) is 13.2 Å². The maximum Gasteiger partial charge on any atom is 0.330 e. The van der Waals surface area contributed by atoms with Crippen LogP contribution in [0.5, 0.6) is 0 Å². The monoisotopic (exact) mass is 260 g/mol. The van der Waals surface area contributed by atoms with Crippen LogP contribution < -0.4 is 0 Å². The van der Waals surface area contributed by atoms with Crippen LogP contribution in [-0.4, -0.2) is 55.5 Å². The topological polar surface area (TPSA) is 77.5 Å². The Labute approximate surface area is 106 Å². The van der Waals surface area contributed by atoms with E-state index in [9.17, 15) is 9.90 Å². The van der Waals surface area contributed by atoms with Crippen LogP contribution in [0, 0.1) is 0 Å². The van der Waals surface area contributed by atoms with Gasteiger partial charge in [0.2, 0.25) is 5.79 Å². The number of hydrogen-bond donors (Lipinski definition) is 1. The van der Waals surface area contributed by atoms with E-state index < -0.39 is 11.8 Å². The van der Waals surface area contributed by atoms with Gasteiger partial charge in [-0.1, -0.05) is 6.58 Å². The van der Waals surface area contributed by atoms with Crippen molar-refractivity contribution in [2.24, 2.45) is 0 Å². The molecule has 1 aliphatic rings. The molecule has 1 saturated heterocycles. The van der Waals surface area contributed by atoms with E-state index in [0.717, 1.165) is 6.08 Å². The molecular formula is C12H20O6. The molecule has 0 aliphatic carbocycles. The Morgan fingerprint density at radius 2 is 2.28 bits per heavy atom. The third kappa shape index (κ3) is 6.11. The molecule has 2 unspecified atom stereocenters. The summed E-state index contributed by atoms with van der Waals surface area (Å²) >= 11 is 0. The molecule has 1 fully saturated rings. The average Bonchev–Trinajstić information content (AvgIpc) is 3.09. The number of rotatable bonds is 9. The predicted octanol–water partition coefficient (Wildman–Crippen LogP) is 0.245. The molecule has 18 heavy (non-hydrogen) atoms. The molecule has 0 spiro atoms. The molecule has 0 aromatic carbocycles. The lowest BCUT2D eigenvalue weighted by molar-refractivity contribution is -0.267. The number of epoxide rings is 1. The van der Waals surface area contributed by atoms with E-state index >= 15 is 0 Å². The Balaban J connectivity index is 2.38. The Hall–Kier alpha value is -0.950. The summed E-state index contributed by atoms with van der Waals surface area (Å²) in [7, 11) is 0. The Morgan fingerprint density at radius 3 is 2.78 bits per heavy atom. The van der Waals surface area contributed by atoms with Gasteiger partial charge in [-0.25, -0.2) is 4.79 Å². The van der Waals surface area contributed by atoms with E-state index in [-0.39, 0.29) is 25.4 Å². The number of carbonyl (C=O) groups excluding carboxylic acids is 1. The fourth-order valence-electron chi connectivity index (χ4n) is 1.31. The molecule has 1 heterocycles. The van der Waals surface area contributed by atoms with Crippen molar-refractivity contribution in [1.29, 1.82) is 0 Å². The molecule has 2 atom stereocenters. The highest BCUT2D eigenvalue weighted by Gasteiger charge is 2.33. The summed E-state index contributed by atoms with van der Waals surface area (Å²) in [4.78, 5) is 11.0. The van der Waals surface area contributed by atoms with Crippen molar-refractivity contribution in [3.05, 3.63) is 12.7 Å². The van der Waals surface area contributed by atoms with Crippen LogP contribution in [0.3, 0.4) is 0 Å². The van der Waals surface area contributed by atoms with Gasteiger partial charge < -0.3 is 24.1 Å². The van der Waals surface area contributed by atoms with Crippen molar-refractivity contribution in [2.75, 3.05) is 26.4 Å². The lowest BCUT2D eigenvalue weighted by Gasteiger charge is -2.29. The van der Waals surface area contributed by atoms with Gasteiger partial charge in [0, 0.05) is 6.08 Å². The number of esters is 1. The van der Waals surface area contributed by atoms with Crippen molar-refractivity contribution in [3.63, 3.8) is 0 Å².